The van der Waals surface area contributed by atoms with Crippen molar-refractivity contribution >= 4 is 48.2 Å². The molecule has 0 bridgehead atoms. The van der Waals surface area contributed by atoms with Gasteiger partial charge in [-0.1, -0.05) is 135 Å². The number of halogens is 1. The number of rotatable bonds is 2. The Morgan fingerprint density at radius 1 is 0.425 bits per heavy atom. The SMILES string of the molecule is CC1(C)c2ccccc2-c2ccc(-c3ccc(-c4c5ccccc5c(Br)c5ccccc45)c4ccccc34)cc21. The van der Waals surface area contributed by atoms with E-state index in [2.05, 4.69) is 157 Å². The maximum atomic E-state index is 3.93. The Balaban J connectivity index is 1.39. The molecule has 0 heterocycles. The predicted octanol–water partition coefficient (Wildman–Crippen LogP) is 11.5. The van der Waals surface area contributed by atoms with Crippen LogP contribution in [-0.4, -0.2) is 0 Å². The molecule has 0 nitrogen and oxygen atoms in total. The van der Waals surface area contributed by atoms with E-state index in [0.717, 1.165) is 4.47 Å². The lowest BCUT2D eigenvalue weighted by molar-refractivity contribution is 0.660. The largest absolute Gasteiger partial charge is 0.0619 e. The van der Waals surface area contributed by atoms with Crippen molar-refractivity contribution in [2.24, 2.45) is 0 Å². The average molecular weight is 576 g/mol. The van der Waals surface area contributed by atoms with Crippen molar-refractivity contribution in [2.75, 3.05) is 0 Å². The lowest BCUT2D eigenvalue weighted by Gasteiger charge is -2.22. The van der Waals surface area contributed by atoms with Gasteiger partial charge in [-0.15, -0.1) is 0 Å². The zero-order valence-electron chi connectivity index (χ0n) is 22.5. The van der Waals surface area contributed by atoms with Crippen molar-refractivity contribution in [3.8, 4) is 33.4 Å². The van der Waals surface area contributed by atoms with E-state index < -0.39 is 0 Å². The minimum Gasteiger partial charge on any atom is -0.0619 e. The molecule has 1 heteroatoms. The van der Waals surface area contributed by atoms with Crippen LogP contribution < -0.4 is 0 Å². The summed E-state index contributed by atoms with van der Waals surface area (Å²) >= 11 is 3.93. The van der Waals surface area contributed by atoms with E-state index in [9.17, 15) is 0 Å². The Morgan fingerprint density at radius 2 is 0.900 bits per heavy atom. The summed E-state index contributed by atoms with van der Waals surface area (Å²) < 4.78 is 1.16. The lowest BCUT2D eigenvalue weighted by Crippen LogP contribution is -2.14. The fourth-order valence-electron chi connectivity index (χ4n) is 7.01. The van der Waals surface area contributed by atoms with Gasteiger partial charge in [0.1, 0.15) is 0 Å². The molecule has 0 fully saturated rings. The van der Waals surface area contributed by atoms with Crippen LogP contribution in [0.25, 0.3) is 65.7 Å². The van der Waals surface area contributed by atoms with Gasteiger partial charge in [0.15, 0.2) is 0 Å². The quantitative estimate of drug-likeness (QED) is 0.180. The molecule has 0 unspecified atom stereocenters. The molecule has 1 aliphatic carbocycles. The first-order valence-corrected chi connectivity index (χ1v) is 14.7. The van der Waals surface area contributed by atoms with E-state index in [4.69, 9.17) is 0 Å². The molecule has 0 atom stereocenters. The van der Waals surface area contributed by atoms with Crippen LogP contribution in [0.5, 0.6) is 0 Å². The molecule has 7 aromatic rings. The van der Waals surface area contributed by atoms with Gasteiger partial charge in [0.2, 0.25) is 0 Å². The number of fused-ring (bicyclic) bond motifs is 6. The third kappa shape index (κ3) is 3.25. The summed E-state index contributed by atoms with van der Waals surface area (Å²) in [7, 11) is 0. The summed E-state index contributed by atoms with van der Waals surface area (Å²) in [5.74, 6) is 0. The Bertz CT molecular complexity index is 2090. The Kier molecular flexibility index (Phi) is 5.12. The van der Waals surface area contributed by atoms with Gasteiger partial charge in [0.05, 0.1) is 0 Å². The zero-order valence-corrected chi connectivity index (χ0v) is 24.1. The van der Waals surface area contributed by atoms with Crippen LogP contribution in [0.4, 0.5) is 0 Å². The van der Waals surface area contributed by atoms with Crippen LogP contribution in [-0.2, 0) is 5.41 Å². The van der Waals surface area contributed by atoms with Crippen molar-refractivity contribution in [1.29, 1.82) is 0 Å². The number of hydrogen-bond donors (Lipinski definition) is 0. The molecule has 0 radical (unpaired) electrons. The lowest BCUT2D eigenvalue weighted by atomic mass is 9.81. The van der Waals surface area contributed by atoms with E-state index in [-0.39, 0.29) is 5.41 Å². The van der Waals surface area contributed by atoms with Crippen molar-refractivity contribution in [3.05, 3.63) is 143 Å². The minimum absolute atomic E-state index is 0.0209. The summed E-state index contributed by atoms with van der Waals surface area (Å²) in [5.41, 5.74) is 10.6. The first kappa shape index (κ1) is 23.7. The van der Waals surface area contributed by atoms with Gasteiger partial charge in [-0.05, 0) is 98.8 Å². The summed E-state index contributed by atoms with van der Waals surface area (Å²) in [5, 5.41) is 7.57. The van der Waals surface area contributed by atoms with Gasteiger partial charge < -0.3 is 0 Å². The van der Waals surface area contributed by atoms with Crippen LogP contribution in [0, 0.1) is 0 Å². The standard InChI is InChI=1S/C39H27Br/c1-39(2)35-18-10-9-13-28(35)29-20-19-24(23-36(29)39)25-21-22-32(27-12-4-3-11-26(25)27)37-30-14-5-7-16-33(30)38(40)34-17-8-6-15-31(34)37/h3-23H,1-2H3. The van der Waals surface area contributed by atoms with Crippen molar-refractivity contribution < 1.29 is 0 Å². The summed E-state index contributed by atoms with van der Waals surface area (Å²) in [6.07, 6.45) is 0. The van der Waals surface area contributed by atoms with E-state index in [1.54, 1.807) is 0 Å². The highest BCUT2D eigenvalue weighted by molar-refractivity contribution is 9.10. The molecule has 40 heavy (non-hydrogen) atoms. The van der Waals surface area contributed by atoms with Crippen molar-refractivity contribution in [3.63, 3.8) is 0 Å². The first-order valence-electron chi connectivity index (χ1n) is 13.9. The van der Waals surface area contributed by atoms with Crippen LogP contribution in [0.3, 0.4) is 0 Å². The van der Waals surface area contributed by atoms with E-state index >= 15 is 0 Å². The van der Waals surface area contributed by atoms with Crippen LogP contribution >= 0.6 is 15.9 Å². The fraction of sp³-hybridized carbons (Fsp3) is 0.0769. The van der Waals surface area contributed by atoms with Crippen LogP contribution in [0.2, 0.25) is 0 Å². The van der Waals surface area contributed by atoms with E-state index in [0.29, 0.717) is 0 Å². The second-order valence-electron chi connectivity index (χ2n) is 11.4. The normalized spacial score (nSPS) is 13.6. The topological polar surface area (TPSA) is 0 Å². The van der Waals surface area contributed by atoms with Gasteiger partial charge in [0.25, 0.3) is 0 Å². The molecule has 190 valence electrons. The van der Waals surface area contributed by atoms with Gasteiger partial charge in [-0.3, -0.25) is 0 Å². The molecule has 8 rings (SSSR count). The minimum atomic E-state index is -0.0209. The molecule has 0 saturated carbocycles. The van der Waals surface area contributed by atoms with Gasteiger partial charge in [-0.25, -0.2) is 0 Å². The molecule has 7 aromatic carbocycles. The smallest absolute Gasteiger partial charge is 0.0332 e. The summed E-state index contributed by atoms with van der Waals surface area (Å²) in [4.78, 5) is 0. The Morgan fingerprint density at radius 3 is 1.57 bits per heavy atom. The molecule has 0 aromatic heterocycles. The van der Waals surface area contributed by atoms with E-state index in [1.807, 2.05) is 0 Å². The molecule has 0 saturated heterocycles. The number of benzene rings is 7. The average Bonchev–Trinajstić information content (AvgIpc) is 3.23. The van der Waals surface area contributed by atoms with Crippen molar-refractivity contribution in [2.45, 2.75) is 19.3 Å². The highest BCUT2D eigenvalue weighted by atomic mass is 79.9. The van der Waals surface area contributed by atoms with Crippen LogP contribution in [0.15, 0.2) is 132 Å². The Hall–Kier alpha value is -4.20. The van der Waals surface area contributed by atoms with Gasteiger partial charge in [-0.2, -0.15) is 0 Å². The second kappa shape index (κ2) is 8.65. The highest BCUT2D eigenvalue weighted by Gasteiger charge is 2.35. The van der Waals surface area contributed by atoms with Gasteiger partial charge >= 0.3 is 0 Å². The molecule has 1 aliphatic rings. The molecule has 0 spiro atoms. The Labute approximate surface area is 243 Å². The first-order chi connectivity index (χ1) is 19.5. The second-order valence-corrected chi connectivity index (χ2v) is 12.2. The summed E-state index contributed by atoms with van der Waals surface area (Å²) in [6.45, 7) is 4.71. The molecule has 0 N–H and O–H groups in total. The molecular weight excluding hydrogens is 548 g/mol. The molecular formula is C39H27Br. The van der Waals surface area contributed by atoms with E-state index in [1.165, 1.54) is 76.8 Å². The fourth-order valence-corrected chi connectivity index (χ4v) is 7.70. The van der Waals surface area contributed by atoms with Gasteiger partial charge in [0, 0.05) is 9.89 Å². The molecule has 0 amide bonds. The predicted molar refractivity (Wildman–Crippen MR) is 175 cm³/mol. The third-order valence-electron chi connectivity index (χ3n) is 8.95. The zero-order chi connectivity index (χ0) is 27.0. The third-order valence-corrected chi connectivity index (χ3v) is 9.81. The summed E-state index contributed by atoms with van der Waals surface area (Å²) in [6, 6.07) is 47.0. The maximum absolute atomic E-state index is 3.93. The van der Waals surface area contributed by atoms with Crippen molar-refractivity contribution in [1.82, 2.24) is 0 Å². The maximum Gasteiger partial charge on any atom is 0.0332 e. The number of hydrogen-bond acceptors (Lipinski definition) is 0. The highest BCUT2D eigenvalue weighted by Crippen LogP contribution is 2.50. The van der Waals surface area contributed by atoms with Crippen LogP contribution in [0.1, 0.15) is 25.0 Å². The monoisotopic (exact) mass is 574 g/mol. The molecule has 0 aliphatic heterocycles.